The largest absolute Gasteiger partial charge is 0.367 e. The zero-order valence-electron chi connectivity index (χ0n) is 10.4. The summed E-state index contributed by atoms with van der Waals surface area (Å²) in [5.41, 5.74) is 9.03. The first-order valence-electron chi connectivity index (χ1n) is 5.77. The van der Waals surface area contributed by atoms with Gasteiger partial charge in [-0.3, -0.25) is 9.63 Å². The van der Waals surface area contributed by atoms with E-state index in [9.17, 15) is 4.79 Å². The Hall–Kier alpha value is -2.27. The maximum atomic E-state index is 10.8. The molecule has 0 fully saturated rings. The number of carbonyl (C=O) groups is 1. The van der Waals surface area contributed by atoms with Crippen LogP contribution in [0.2, 0.25) is 0 Å². The Morgan fingerprint density at radius 2 is 2.25 bits per heavy atom. The lowest BCUT2D eigenvalue weighted by Gasteiger charge is -2.06. The third kappa shape index (κ3) is 3.61. The smallest absolute Gasteiger partial charge is 0.251 e. The molecular weight excluding hydrogens is 276 g/mol. The summed E-state index contributed by atoms with van der Waals surface area (Å²) in [5.74, 6) is -0.782. The molecule has 0 saturated carbocycles. The fourth-order valence-electron chi connectivity index (χ4n) is 1.43. The SMILES string of the molecule is N#CC(NOCc1csc(-c2ccccc2)n1)C(N)=O. The van der Waals surface area contributed by atoms with Crippen molar-refractivity contribution in [2.24, 2.45) is 5.73 Å². The van der Waals surface area contributed by atoms with Crippen molar-refractivity contribution in [2.45, 2.75) is 12.6 Å². The number of amides is 1. The molecular formula is C13H12N4O2S. The molecule has 3 N–H and O–H groups in total. The van der Waals surface area contributed by atoms with Crippen LogP contribution in [-0.2, 0) is 16.2 Å². The Morgan fingerprint density at radius 1 is 1.50 bits per heavy atom. The van der Waals surface area contributed by atoms with Gasteiger partial charge in [-0.2, -0.15) is 10.7 Å². The van der Waals surface area contributed by atoms with Crippen LogP contribution in [0.5, 0.6) is 0 Å². The minimum atomic E-state index is -1.16. The first-order chi connectivity index (χ1) is 9.70. The molecule has 0 spiro atoms. The first-order valence-corrected chi connectivity index (χ1v) is 6.64. The highest BCUT2D eigenvalue weighted by Gasteiger charge is 2.13. The molecule has 1 unspecified atom stereocenters. The highest BCUT2D eigenvalue weighted by Crippen LogP contribution is 2.23. The quantitative estimate of drug-likeness (QED) is 0.778. The number of aromatic nitrogens is 1. The number of hydrogen-bond donors (Lipinski definition) is 2. The predicted octanol–water partition coefficient (Wildman–Crippen LogP) is 1.21. The van der Waals surface area contributed by atoms with Crippen LogP contribution in [0.4, 0.5) is 0 Å². The molecule has 0 saturated heterocycles. The van der Waals surface area contributed by atoms with Gasteiger partial charge in [0.2, 0.25) is 0 Å². The van der Waals surface area contributed by atoms with E-state index in [2.05, 4.69) is 10.5 Å². The third-order valence-corrected chi connectivity index (χ3v) is 3.35. The van der Waals surface area contributed by atoms with E-state index in [-0.39, 0.29) is 6.61 Å². The molecule has 0 bridgehead atoms. The summed E-state index contributed by atoms with van der Waals surface area (Å²) in [6.07, 6.45) is 0. The highest BCUT2D eigenvalue weighted by atomic mass is 32.1. The third-order valence-electron chi connectivity index (χ3n) is 2.41. The lowest BCUT2D eigenvalue weighted by Crippen LogP contribution is -2.39. The molecule has 102 valence electrons. The van der Waals surface area contributed by atoms with Crippen LogP contribution in [0, 0.1) is 11.3 Å². The van der Waals surface area contributed by atoms with E-state index in [0.29, 0.717) is 5.69 Å². The fraction of sp³-hybridized carbons (Fsp3) is 0.154. The Balaban J connectivity index is 1.91. The Morgan fingerprint density at radius 3 is 2.90 bits per heavy atom. The van der Waals surface area contributed by atoms with Crippen LogP contribution < -0.4 is 11.2 Å². The summed E-state index contributed by atoms with van der Waals surface area (Å²) >= 11 is 1.50. The molecule has 0 aliphatic carbocycles. The maximum absolute atomic E-state index is 10.8. The van der Waals surface area contributed by atoms with Crippen molar-refractivity contribution in [1.82, 2.24) is 10.5 Å². The number of hydroxylamine groups is 1. The van der Waals surface area contributed by atoms with Crippen molar-refractivity contribution >= 4 is 17.2 Å². The van der Waals surface area contributed by atoms with E-state index in [1.807, 2.05) is 35.7 Å². The second kappa shape index (κ2) is 6.77. The van der Waals surface area contributed by atoms with Crippen molar-refractivity contribution in [3.8, 4) is 16.6 Å². The van der Waals surface area contributed by atoms with Gasteiger partial charge in [0.15, 0.2) is 6.04 Å². The van der Waals surface area contributed by atoms with Crippen molar-refractivity contribution in [1.29, 1.82) is 5.26 Å². The van der Waals surface area contributed by atoms with Crippen LogP contribution in [0.1, 0.15) is 5.69 Å². The topological polar surface area (TPSA) is 101 Å². The number of nitrogens with one attached hydrogen (secondary N) is 1. The molecule has 2 rings (SSSR count). The lowest BCUT2D eigenvalue weighted by atomic mass is 10.2. The molecule has 1 heterocycles. The summed E-state index contributed by atoms with van der Waals surface area (Å²) in [4.78, 5) is 20.3. The Labute approximate surface area is 119 Å². The molecule has 0 aliphatic heterocycles. The van der Waals surface area contributed by atoms with Crippen molar-refractivity contribution < 1.29 is 9.63 Å². The lowest BCUT2D eigenvalue weighted by molar-refractivity contribution is -0.122. The van der Waals surface area contributed by atoms with E-state index >= 15 is 0 Å². The number of hydrogen-bond acceptors (Lipinski definition) is 6. The molecule has 7 heteroatoms. The van der Waals surface area contributed by atoms with Crippen LogP contribution in [0.15, 0.2) is 35.7 Å². The summed E-state index contributed by atoms with van der Waals surface area (Å²) in [7, 11) is 0. The maximum Gasteiger partial charge on any atom is 0.251 e. The number of nitrogens with zero attached hydrogens (tertiary/aromatic N) is 2. The molecule has 6 nitrogen and oxygen atoms in total. The summed E-state index contributed by atoms with van der Waals surface area (Å²) in [6.45, 7) is 0.148. The monoisotopic (exact) mass is 288 g/mol. The zero-order chi connectivity index (χ0) is 14.4. The molecule has 1 amide bonds. The second-order valence-corrected chi connectivity index (χ2v) is 4.74. The number of nitriles is 1. The van der Waals surface area contributed by atoms with Crippen LogP contribution in [0.3, 0.4) is 0 Å². The first kappa shape index (κ1) is 14.1. The number of carbonyl (C=O) groups excluding carboxylic acids is 1. The van der Waals surface area contributed by atoms with Crippen molar-refractivity contribution in [3.05, 3.63) is 41.4 Å². The standard InChI is InChI=1S/C13H12N4O2S/c14-6-11(12(15)18)17-19-7-10-8-20-13(16-10)9-4-2-1-3-5-9/h1-5,8,11,17H,7H2,(H2,15,18). The molecule has 2 aromatic rings. The number of nitrogens with two attached hydrogens (primary N) is 1. The van der Waals surface area contributed by atoms with Gasteiger partial charge in [0.25, 0.3) is 5.91 Å². The van der Waals surface area contributed by atoms with Gasteiger partial charge in [0.05, 0.1) is 11.8 Å². The Kier molecular flexibility index (Phi) is 4.79. The van der Waals surface area contributed by atoms with Gasteiger partial charge < -0.3 is 5.73 Å². The van der Waals surface area contributed by atoms with Gasteiger partial charge in [-0.15, -0.1) is 11.3 Å². The number of primary amides is 1. The van der Waals surface area contributed by atoms with E-state index in [4.69, 9.17) is 15.8 Å². The van der Waals surface area contributed by atoms with E-state index in [1.165, 1.54) is 11.3 Å². The Bertz CT molecular complexity index is 621. The zero-order valence-corrected chi connectivity index (χ0v) is 11.3. The van der Waals surface area contributed by atoms with Gasteiger partial charge in [-0.25, -0.2) is 4.98 Å². The van der Waals surface area contributed by atoms with Crippen molar-refractivity contribution in [3.63, 3.8) is 0 Å². The molecule has 1 atom stereocenters. The van der Waals surface area contributed by atoms with Gasteiger partial charge >= 0.3 is 0 Å². The minimum absolute atomic E-state index is 0.148. The van der Waals surface area contributed by atoms with E-state index < -0.39 is 11.9 Å². The normalized spacial score (nSPS) is 11.8. The number of rotatable bonds is 6. The molecule has 20 heavy (non-hydrogen) atoms. The average Bonchev–Trinajstić information content (AvgIpc) is 2.93. The average molecular weight is 288 g/mol. The number of thiazole rings is 1. The summed E-state index contributed by atoms with van der Waals surface area (Å²) in [5, 5.41) is 11.4. The minimum Gasteiger partial charge on any atom is -0.367 e. The molecule has 1 aromatic carbocycles. The van der Waals surface area contributed by atoms with Crippen molar-refractivity contribution in [2.75, 3.05) is 0 Å². The van der Waals surface area contributed by atoms with E-state index in [0.717, 1.165) is 10.6 Å². The second-order valence-electron chi connectivity index (χ2n) is 3.88. The summed E-state index contributed by atoms with van der Waals surface area (Å²) < 4.78 is 0. The summed E-state index contributed by atoms with van der Waals surface area (Å²) in [6, 6.07) is 10.3. The molecule has 1 aromatic heterocycles. The van der Waals surface area contributed by atoms with E-state index in [1.54, 1.807) is 6.07 Å². The van der Waals surface area contributed by atoms with Gasteiger partial charge in [0, 0.05) is 10.9 Å². The van der Waals surface area contributed by atoms with Crippen LogP contribution in [-0.4, -0.2) is 16.9 Å². The molecule has 0 radical (unpaired) electrons. The van der Waals surface area contributed by atoms with Gasteiger partial charge in [0.1, 0.15) is 11.6 Å². The highest BCUT2D eigenvalue weighted by molar-refractivity contribution is 7.13. The van der Waals surface area contributed by atoms with Gasteiger partial charge in [-0.05, 0) is 0 Å². The predicted molar refractivity (Wildman–Crippen MR) is 74.1 cm³/mol. The fourth-order valence-corrected chi connectivity index (χ4v) is 2.24. The van der Waals surface area contributed by atoms with Crippen LogP contribution >= 0.6 is 11.3 Å². The number of benzene rings is 1. The van der Waals surface area contributed by atoms with Crippen LogP contribution in [0.25, 0.3) is 10.6 Å². The van der Waals surface area contributed by atoms with Gasteiger partial charge in [-0.1, -0.05) is 30.3 Å². The molecule has 0 aliphatic rings.